The second-order valence-corrected chi connectivity index (χ2v) is 7.00. The minimum Gasteiger partial charge on any atom is -0.467 e. The highest BCUT2D eigenvalue weighted by Crippen LogP contribution is 2.29. The van der Waals surface area contributed by atoms with Gasteiger partial charge in [-0.2, -0.15) is 0 Å². The van der Waals surface area contributed by atoms with Crippen LogP contribution in [0.15, 0.2) is 59.4 Å². The number of aromatic nitrogens is 3. The molecule has 0 unspecified atom stereocenters. The highest BCUT2D eigenvalue weighted by Gasteiger charge is 2.16. The van der Waals surface area contributed by atoms with Gasteiger partial charge in [0.2, 0.25) is 0 Å². The molecule has 0 aliphatic rings. The van der Waals surface area contributed by atoms with Crippen LogP contribution in [0.3, 0.4) is 0 Å². The van der Waals surface area contributed by atoms with Crippen molar-refractivity contribution in [3.05, 3.63) is 71.9 Å². The molecule has 0 spiro atoms. The highest BCUT2D eigenvalue weighted by atomic mass is 16.5. The molecule has 152 valence electrons. The maximum absolute atomic E-state index is 12.9. The SMILES string of the molecule is CCc1cc(CN(C)C(=O)c2ccc3c(-c4cnc(OC)nc4)cccc3c2)on1. The zero-order valence-electron chi connectivity index (χ0n) is 17.1. The van der Waals surface area contributed by atoms with Crippen LogP contribution in [0.2, 0.25) is 0 Å². The molecule has 0 bridgehead atoms. The van der Waals surface area contributed by atoms with E-state index in [4.69, 9.17) is 9.26 Å². The zero-order valence-corrected chi connectivity index (χ0v) is 17.1. The quantitative estimate of drug-likeness (QED) is 0.482. The fraction of sp³-hybridized carbons (Fsp3) is 0.217. The van der Waals surface area contributed by atoms with Gasteiger partial charge in [0, 0.05) is 36.6 Å². The molecule has 0 saturated heterocycles. The maximum Gasteiger partial charge on any atom is 0.316 e. The summed E-state index contributed by atoms with van der Waals surface area (Å²) >= 11 is 0. The number of fused-ring (bicyclic) bond motifs is 1. The van der Waals surface area contributed by atoms with E-state index in [-0.39, 0.29) is 5.91 Å². The van der Waals surface area contributed by atoms with Gasteiger partial charge in [0.05, 0.1) is 19.3 Å². The molecule has 4 aromatic rings. The van der Waals surface area contributed by atoms with E-state index in [0.29, 0.717) is 23.9 Å². The second-order valence-electron chi connectivity index (χ2n) is 7.00. The van der Waals surface area contributed by atoms with Crippen molar-refractivity contribution in [1.82, 2.24) is 20.0 Å². The van der Waals surface area contributed by atoms with Crippen molar-refractivity contribution in [2.75, 3.05) is 14.2 Å². The molecule has 2 heterocycles. The number of amides is 1. The third kappa shape index (κ3) is 3.87. The predicted molar refractivity (Wildman–Crippen MR) is 113 cm³/mol. The normalized spacial score (nSPS) is 10.9. The minimum atomic E-state index is -0.0791. The standard InChI is InChI=1S/C23H22N4O3/c1-4-18-11-19(30-26-18)14-27(2)22(28)16-8-9-21-15(10-16)6-5-7-20(21)17-12-24-23(29-3)25-13-17/h5-13H,4,14H2,1-3H3. The number of nitrogens with zero attached hydrogens (tertiary/aromatic N) is 4. The number of benzene rings is 2. The third-order valence-electron chi connectivity index (χ3n) is 4.96. The summed E-state index contributed by atoms with van der Waals surface area (Å²) in [6.07, 6.45) is 4.26. The van der Waals surface area contributed by atoms with E-state index >= 15 is 0 Å². The lowest BCUT2D eigenvalue weighted by Crippen LogP contribution is -2.25. The molecule has 0 aliphatic heterocycles. The molecule has 0 radical (unpaired) electrons. The molecule has 7 heteroatoms. The third-order valence-corrected chi connectivity index (χ3v) is 4.96. The molecule has 7 nitrogen and oxygen atoms in total. The average molecular weight is 402 g/mol. The van der Waals surface area contributed by atoms with Gasteiger partial charge in [-0.05, 0) is 34.9 Å². The summed E-state index contributed by atoms with van der Waals surface area (Å²) in [5, 5.41) is 5.97. The molecule has 0 N–H and O–H groups in total. The van der Waals surface area contributed by atoms with Gasteiger partial charge < -0.3 is 14.2 Å². The molecular formula is C23H22N4O3. The van der Waals surface area contributed by atoms with E-state index in [1.54, 1.807) is 24.3 Å². The Hall–Kier alpha value is -3.74. The van der Waals surface area contributed by atoms with Crippen molar-refractivity contribution in [1.29, 1.82) is 0 Å². The number of carbonyl (C=O) groups excluding carboxylic acids is 1. The summed E-state index contributed by atoms with van der Waals surface area (Å²) in [6.45, 7) is 2.38. The molecule has 30 heavy (non-hydrogen) atoms. The number of hydrogen-bond acceptors (Lipinski definition) is 6. The smallest absolute Gasteiger partial charge is 0.316 e. The molecule has 2 aromatic carbocycles. The van der Waals surface area contributed by atoms with Crippen LogP contribution in [0, 0.1) is 0 Å². The van der Waals surface area contributed by atoms with E-state index in [0.717, 1.165) is 34.0 Å². The van der Waals surface area contributed by atoms with E-state index in [2.05, 4.69) is 15.1 Å². The number of rotatable bonds is 6. The Kier molecular flexibility index (Phi) is 5.43. The molecule has 1 amide bonds. The van der Waals surface area contributed by atoms with Crippen LogP contribution in [0.1, 0.15) is 28.7 Å². The predicted octanol–water partition coefficient (Wildman–Crippen LogP) is 4.13. The van der Waals surface area contributed by atoms with Gasteiger partial charge in [-0.25, -0.2) is 9.97 Å². The van der Waals surface area contributed by atoms with Gasteiger partial charge in [-0.15, -0.1) is 0 Å². The van der Waals surface area contributed by atoms with Gasteiger partial charge in [-0.3, -0.25) is 4.79 Å². The number of hydrogen-bond donors (Lipinski definition) is 0. The molecule has 0 saturated carbocycles. The van der Waals surface area contributed by atoms with Crippen LogP contribution in [0.4, 0.5) is 0 Å². The first-order valence-corrected chi connectivity index (χ1v) is 9.68. The first-order valence-electron chi connectivity index (χ1n) is 9.68. The fourth-order valence-corrected chi connectivity index (χ4v) is 3.35. The number of carbonyl (C=O) groups is 1. The van der Waals surface area contributed by atoms with Crippen molar-refractivity contribution in [3.8, 4) is 17.1 Å². The summed E-state index contributed by atoms with van der Waals surface area (Å²) in [6, 6.07) is 13.9. The molecule has 0 atom stereocenters. The van der Waals surface area contributed by atoms with Crippen molar-refractivity contribution < 1.29 is 14.1 Å². The average Bonchev–Trinajstić information content (AvgIpc) is 3.25. The second kappa shape index (κ2) is 8.32. The van der Waals surface area contributed by atoms with Gasteiger partial charge in [-0.1, -0.05) is 36.3 Å². The minimum absolute atomic E-state index is 0.0791. The van der Waals surface area contributed by atoms with E-state index in [1.807, 2.05) is 49.4 Å². The first-order chi connectivity index (χ1) is 14.6. The van der Waals surface area contributed by atoms with Crippen molar-refractivity contribution in [2.24, 2.45) is 0 Å². The Bertz CT molecular complexity index is 1180. The van der Waals surface area contributed by atoms with Gasteiger partial charge in [0.1, 0.15) is 0 Å². The first kappa shape index (κ1) is 19.6. The molecule has 0 aliphatic carbocycles. The number of ether oxygens (including phenoxy) is 1. The lowest BCUT2D eigenvalue weighted by Gasteiger charge is -2.16. The maximum atomic E-state index is 12.9. The van der Waals surface area contributed by atoms with Crippen LogP contribution < -0.4 is 4.74 Å². The van der Waals surface area contributed by atoms with Gasteiger partial charge in [0.25, 0.3) is 5.91 Å². The van der Waals surface area contributed by atoms with Crippen LogP contribution in [-0.4, -0.2) is 40.1 Å². The topological polar surface area (TPSA) is 81.4 Å². The van der Waals surface area contributed by atoms with E-state index in [9.17, 15) is 4.79 Å². The Labute approximate surface area is 174 Å². The molecular weight excluding hydrogens is 380 g/mol. The van der Waals surface area contributed by atoms with Gasteiger partial charge >= 0.3 is 6.01 Å². The van der Waals surface area contributed by atoms with Crippen LogP contribution in [0.5, 0.6) is 6.01 Å². The van der Waals surface area contributed by atoms with Crippen LogP contribution in [-0.2, 0) is 13.0 Å². The Morgan fingerprint density at radius 3 is 2.63 bits per heavy atom. The fourth-order valence-electron chi connectivity index (χ4n) is 3.35. The Morgan fingerprint density at radius 1 is 1.13 bits per heavy atom. The molecule has 4 rings (SSSR count). The lowest BCUT2D eigenvalue weighted by molar-refractivity contribution is 0.0772. The summed E-state index contributed by atoms with van der Waals surface area (Å²) in [5.41, 5.74) is 3.38. The van der Waals surface area contributed by atoms with Crippen LogP contribution >= 0.6 is 0 Å². The van der Waals surface area contributed by atoms with Crippen molar-refractivity contribution in [3.63, 3.8) is 0 Å². The van der Waals surface area contributed by atoms with Crippen molar-refractivity contribution >= 4 is 16.7 Å². The summed E-state index contributed by atoms with van der Waals surface area (Å²) in [5.74, 6) is 0.592. The number of aryl methyl sites for hydroxylation is 1. The Morgan fingerprint density at radius 2 is 1.93 bits per heavy atom. The largest absolute Gasteiger partial charge is 0.467 e. The monoisotopic (exact) mass is 402 g/mol. The number of methoxy groups -OCH3 is 1. The lowest BCUT2D eigenvalue weighted by atomic mass is 9.98. The zero-order chi connectivity index (χ0) is 21.1. The van der Waals surface area contributed by atoms with Gasteiger partial charge in [0.15, 0.2) is 5.76 Å². The Balaban J connectivity index is 1.60. The van der Waals surface area contributed by atoms with E-state index < -0.39 is 0 Å². The summed E-state index contributed by atoms with van der Waals surface area (Å²) in [7, 11) is 3.29. The molecule has 2 aromatic heterocycles. The highest BCUT2D eigenvalue weighted by molar-refractivity contribution is 6.02. The summed E-state index contributed by atoms with van der Waals surface area (Å²) < 4.78 is 10.3. The summed E-state index contributed by atoms with van der Waals surface area (Å²) in [4.78, 5) is 22.9. The van der Waals surface area contributed by atoms with Crippen LogP contribution in [0.25, 0.3) is 21.9 Å². The van der Waals surface area contributed by atoms with Crippen molar-refractivity contribution in [2.45, 2.75) is 19.9 Å². The molecule has 0 fully saturated rings. The van der Waals surface area contributed by atoms with E-state index in [1.165, 1.54) is 7.11 Å².